The van der Waals surface area contributed by atoms with E-state index in [2.05, 4.69) is 13.8 Å². The molecule has 0 saturated heterocycles. The third kappa shape index (κ3) is 3.60. The van der Waals surface area contributed by atoms with E-state index in [-0.39, 0.29) is 11.4 Å². The molecule has 14 heavy (non-hydrogen) atoms. The predicted molar refractivity (Wildman–Crippen MR) is 59.8 cm³/mol. The Balaban J connectivity index is 2.54. The topological polar surface area (TPSA) is 9.23 Å². The molecule has 0 aliphatic rings. The van der Waals surface area contributed by atoms with Gasteiger partial charge in [-0.05, 0) is 44.4 Å². The Morgan fingerprint density at radius 2 is 2.14 bits per heavy atom. The summed E-state index contributed by atoms with van der Waals surface area (Å²) in [5.74, 6) is -0.160. The number of aryl methyl sites for hydroxylation is 1. The molecule has 0 aliphatic carbocycles. The van der Waals surface area contributed by atoms with Crippen molar-refractivity contribution in [3.8, 4) is 0 Å². The molecule has 0 bridgehead atoms. The van der Waals surface area contributed by atoms with Crippen LogP contribution in [0, 0.1) is 5.82 Å². The molecule has 1 nitrogen and oxygen atoms in total. The van der Waals surface area contributed by atoms with Crippen LogP contribution in [-0.4, -0.2) is 16.1 Å². The van der Waals surface area contributed by atoms with Crippen LogP contribution in [0.2, 0.25) is 0 Å². The van der Waals surface area contributed by atoms with Crippen LogP contribution >= 0.6 is 0 Å². The lowest BCUT2D eigenvalue weighted by Gasteiger charge is -2.23. The molecule has 1 rings (SSSR count). The smallest absolute Gasteiger partial charge is 0.146 e. The van der Waals surface area contributed by atoms with Crippen LogP contribution in [0.4, 0.5) is 4.39 Å². The van der Waals surface area contributed by atoms with E-state index in [9.17, 15) is 4.39 Å². The van der Waals surface area contributed by atoms with Gasteiger partial charge in [0.05, 0.1) is 0 Å². The number of halogens is 1. The van der Waals surface area contributed by atoms with Crippen molar-refractivity contribution in [3.63, 3.8) is 0 Å². The van der Waals surface area contributed by atoms with E-state index in [1.54, 1.807) is 12.1 Å². The molecular weight excluding hydrogens is 195 g/mol. The maximum absolute atomic E-state index is 12.8. The van der Waals surface area contributed by atoms with Gasteiger partial charge in [0.1, 0.15) is 16.3 Å². The molecular formula is C11H17FOSi. The summed E-state index contributed by atoms with van der Waals surface area (Å²) in [7, 11) is 0.748. The predicted octanol–water partition coefficient (Wildman–Crippen LogP) is 1.83. The Hall–Kier alpha value is -0.673. The summed E-state index contributed by atoms with van der Waals surface area (Å²) >= 11 is 0. The second-order valence-electron chi connectivity index (χ2n) is 4.09. The number of hydrogen-bond donors (Lipinski definition) is 0. The van der Waals surface area contributed by atoms with Crippen molar-refractivity contribution in [3.05, 3.63) is 35.6 Å². The lowest BCUT2D eigenvalue weighted by atomic mass is 9.99. The second-order valence-corrected chi connectivity index (χ2v) is 4.50. The number of benzene rings is 1. The van der Waals surface area contributed by atoms with Gasteiger partial charge in [-0.3, -0.25) is 0 Å². The summed E-state index contributed by atoms with van der Waals surface area (Å²) in [5.41, 5.74) is 0.968. The molecule has 78 valence electrons. The van der Waals surface area contributed by atoms with E-state index < -0.39 is 0 Å². The number of rotatable bonds is 4. The molecule has 1 aromatic carbocycles. The Labute approximate surface area is 87.8 Å². The van der Waals surface area contributed by atoms with Gasteiger partial charge in [-0.1, -0.05) is 12.1 Å². The summed E-state index contributed by atoms with van der Waals surface area (Å²) in [5, 5.41) is 0. The van der Waals surface area contributed by atoms with E-state index in [1.807, 2.05) is 6.07 Å². The van der Waals surface area contributed by atoms with Crippen LogP contribution in [0.1, 0.15) is 25.8 Å². The van der Waals surface area contributed by atoms with Crippen LogP contribution in [0.25, 0.3) is 0 Å². The highest BCUT2D eigenvalue weighted by molar-refractivity contribution is 5.98. The SMILES string of the molecule is CC(C)(CCc1cccc(F)c1)O[SiH3]. The van der Waals surface area contributed by atoms with Crippen LogP contribution in [-0.2, 0) is 10.8 Å². The van der Waals surface area contributed by atoms with Crippen molar-refractivity contribution in [1.29, 1.82) is 0 Å². The maximum Gasteiger partial charge on any atom is 0.146 e. The zero-order valence-corrected chi connectivity index (χ0v) is 11.0. The van der Waals surface area contributed by atoms with Gasteiger partial charge in [0.15, 0.2) is 0 Å². The first-order valence-corrected chi connectivity index (χ1v) is 5.65. The third-order valence-electron chi connectivity index (χ3n) is 2.46. The molecule has 0 aromatic heterocycles. The molecule has 0 aliphatic heterocycles. The van der Waals surface area contributed by atoms with Crippen LogP contribution < -0.4 is 0 Å². The lowest BCUT2D eigenvalue weighted by molar-refractivity contribution is 0.113. The zero-order valence-electron chi connectivity index (χ0n) is 9.01. The van der Waals surface area contributed by atoms with Gasteiger partial charge in [-0.15, -0.1) is 0 Å². The van der Waals surface area contributed by atoms with Gasteiger partial charge in [-0.2, -0.15) is 0 Å². The van der Waals surface area contributed by atoms with Gasteiger partial charge in [0, 0.05) is 5.60 Å². The highest BCUT2D eigenvalue weighted by Gasteiger charge is 2.14. The van der Waals surface area contributed by atoms with E-state index in [4.69, 9.17) is 4.43 Å². The largest absolute Gasteiger partial charge is 0.423 e. The molecule has 0 fully saturated rings. The van der Waals surface area contributed by atoms with Crippen molar-refractivity contribution < 1.29 is 8.82 Å². The first kappa shape index (κ1) is 11.4. The van der Waals surface area contributed by atoms with Crippen LogP contribution in [0.3, 0.4) is 0 Å². The summed E-state index contributed by atoms with van der Waals surface area (Å²) in [4.78, 5) is 0. The standard InChI is InChI=1S/C11H17FOSi/c1-11(2,13-14)7-6-9-4-3-5-10(12)8-9/h3-5,8H,6-7H2,1-2,14H3. The molecule has 0 radical (unpaired) electrons. The van der Waals surface area contributed by atoms with Crippen molar-refractivity contribution in [2.75, 3.05) is 0 Å². The molecule has 3 heteroatoms. The second kappa shape index (κ2) is 4.71. The fourth-order valence-corrected chi connectivity index (χ4v) is 1.44. The third-order valence-corrected chi connectivity index (χ3v) is 3.56. The lowest BCUT2D eigenvalue weighted by Crippen LogP contribution is -2.23. The molecule has 0 saturated carbocycles. The van der Waals surface area contributed by atoms with Gasteiger partial charge >= 0.3 is 0 Å². The normalized spacial score (nSPS) is 11.9. The van der Waals surface area contributed by atoms with Crippen molar-refractivity contribution in [1.82, 2.24) is 0 Å². The highest BCUT2D eigenvalue weighted by atomic mass is 28.2. The van der Waals surface area contributed by atoms with Crippen LogP contribution in [0.15, 0.2) is 24.3 Å². The minimum absolute atomic E-state index is 0.0709. The summed E-state index contributed by atoms with van der Waals surface area (Å²) in [6.07, 6.45) is 1.80. The first-order chi connectivity index (χ1) is 6.53. The van der Waals surface area contributed by atoms with Gasteiger partial charge in [0.25, 0.3) is 0 Å². The molecule has 1 aromatic rings. The molecule has 0 unspecified atom stereocenters. The molecule has 0 heterocycles. The van der Waals surface area contributed by atoms with Gasteiger partial charge in [-0.25, -0.2) is 4.39 Å². The fourth-order valence-electron chi connectivity index (χ4n) is 1.24. The summed E-state index contributed by atoms with van der Waals surface area (Å²) in [6, 6.07) is 6.76. The van der Waals surface area contributed by atoms with Crippen molar-refractivity contribution >= 4 is 10.5 Å². The zero-order chi connectivity index (χ0) is 10.6. The Morgan fingerprint density at radius 1 is 1.43 bits per heavy atom. The molecule has 0 N–H and O–H groups in total. The maximum atomic E-state index is 12.8. The fraction of sp³-hybridized carbons (Fsp3) is 0.455. The van der Waals surface area contributed by atoms with Gasteiger partial charge < -0.3 is 4.43 Å². The Bertz CT molecular complexity index is 299. The Morgan fingerprint density at radius 3 is 2.71 bits per heavy atom. The van der Waals surface area contributed by atoms with Crippen molar-refractivity contribution in [2.45, 2.75) is 32.3 Å². The monoisotopic (exact) mass is 212 g/mol. The quantitative estimate of drug-likeness (QED) is 0.692. The summed E-state index contributed by atoms with van der Waals surface area (Å²) < 4.78 is 18.3. The molecule has 0 atom stereocenters. The van der Waals surface area contributed by atoms with E-state index in [0.29, 0.717) is 0 Å². The minimum Gasteiger partial charge on any atom is -0.423 e. The molecule has 0 amide bonds. The first-order valence-electron chi connectivity index (χ1n) is 4.83. The number of hydrogen-bond acceptors (Lipinski definition) is 1. The highest BCUT2D eigenvalue weighted by Crippen LogP contribution is 2.16. The molecule has 0 spiro atoms. The van der Waals surface area contributed by atoms with E-state index in [0.717, 1.165) is 28.9 Å². The Kier molecular flexibility index (Phi) is 3.83. The summed E-state index contributed by atoms with van der Waals surface area (Å²) in [6.45, 7) is 4.14. The van der Waals surface area contributed by atoms with E-state index >= 15 is 0 Å². The average molecular weight is 212 g/mol. The van der Waals surface area contributed by atoms with Crippen LogP contribution in [0.5, 0.6) is 0 Å². The van der Waals surface area contributed by atoms with E-state index in [1.165, 1.54) is 6.07 Å². The average Bonchev–Trinajstić information content (AvgIpc) is 2.15. The minimum atomic E-state index is -0.160. The van der Waals surface area contributed by atoms with Gasteiger partial charge in [0.2, 0.25) is 0 Å². The van der Waals surface area contributed by atoms with Crippen molar-refractivity contribution in [2.24, 2.45) is 0 Å².